The second kappa shape index (κ2) is 7.20. The minimum Gasteiger partial charge on any atom is -0.497 e. The van der Waals surface area contributed by atoms with Crippen molar-refractivity contribution in [3.05, 3.63) is 81.4 Å². The van der Waals surface area contributed by atoms with E-state index in [9.17, 15) is 4.79 Å². The lowest BCUT2D eigenvalue weighted by molar-refractivity contribution is 0.414. The van der Waals surface area contributed by atoms with Crippen LogP contribution in [-0.2, 0) is 6.54 Å². The van der Waals surface area contributed by atoms with Gasteiger partial charge in [0.1, 0.15) is 16.6 Å². The lowest BCUT2D eigenvalue weighted by atomic mass is 10.1. The van der Waals surface area contributed by atoms with Gasteiger partial charge >= 0.3 is 0 Å². The first-order valence-electron chi connectivity index (χ1n) is 7.51. The van der Waals surface area contributed by atoms with E-state index in [2.05, 4.69) is 4.98 Å². The summed E-state index contributed by atoms with van der Waals surface area (Å²) in [5.41, 5.74) is 2.09. The monoisotopic (exact) mass is 351 g/mol. The molecule has 0 aliphatic carbocycles. The van der Waals surface area contributed by atoms with Gasteiger partial charge in [0, 0.05) is 11.8 Å². The van der Waals surface area contributed by atoms with Gasteiger partial charge < -0.3 is 9.30 Å². The van der Waals surface area contributed by atoms with Crippen LogP contribution >= 0.6 is 11.6 Å². The van der Waals surface area contributed by atoms with Gasteiger partial charge in [-0.05, 0) is 29.8 Å². The molecule has 6 heteroatoms. The van der Waals surface area contributed by atoms with Crippen molar-refractivity contribution in [3.8, 4) is 23.1 Å². The number of aromatic nitrogens is 2. The molecule has 124 valence electrons. The standard InChI is InChI=1S/C19H14ClN3O2/c1-25-16-8-4-14(5-9-16)11-23-12-17(20)22-18(19(23)24)15-6-2-13(10-21)3-7-15/h2-9,12H,11H2,1H3. The molecule has 0 bridgehead atoms. The lowest BCUT2D eigenvalue weighted by Gasteiger charge is -2.10. The second-order valence-corrected chi connectivity index (χ2v) is 5.77. The van der Waals surface area contributed by atoms with Gasteiger partial charge in [-0.25, -0.2) is 4.98 Å². The Kier molecular flexibility index (Phi) is 4.82. The summed E-state index contributed by atoms with van der Waals surface area (Å²) in [6.07, 6.45) is 1.52. The molecule has 0 unspecified atom stereocenters. The van der Waals surface area contributed by atoms with Gasteiger partial charge in [-0.15, -0.1) is 0 Å². The van der Waals surface area contributed by atoms with Crippen molar-refractivity contribution in [2.24, 2.45) is 0 Å². The molecular weight excluding hydrogens is 338 g/mol. The van der Waals surface area contributed by atoms with Crippen LogP contribution in [0, 0.1) is 11.3 Å². The summed E-state index contributed by atoms with van der Waals surface area (Å²) in [7, 11) is 1.60. The predicted molar refractivity (Wildman–Crippen MR) is 95.8 cm³/mol. The molecule has 0 aliphatic rings. The Morgan fingerprint density at radius 1 is 1.16 bits per heavy atom. The summed E-state index contributed by atoms with van der Waals surface area (Å²) < 4.78 is 6.65. The zero-order chi connectivity index (χ0) is 17.8. The molecule has 5 nitrogen and oxygen atoms in total. The fraction of sp³-hybridized carbons (Fsp3) is 0.105. The molecule has 0 saturated carbocycles. The van der Waals surface area contributed by atoms with Gasteiger partial charge in [-0.3, -0.25) is 4.79 Å². The second-order valence-electron chi connectivity index (χ2n) is 5.38. The van der Waals surface area contributed by atoms with Gasteiger partial charge in [0.25, 0.3) is 5.56 Å². The van der Waals surface area contributed by atoms with Gasteiger partial charge in [0.05, 0.1) is 25.3 Å². The summed E-state index contributed by atoms with van der Waals surface area (Å²) in [5, 5.41) is 9.11. The molecule has 0 fully saturated rings. The van der Waals surface area contributed by atoms with Crippen molar-refractivity contribution in [2.75, 3.05) is 7.11 Å². The van der Waals surface area contributed by atoms with Gasteiger partial charge in [0.15, 0.2) is 0 Å². The Bertz CT molecular complexity index is 987. The highest BCUT2D eigenvalue weighted by molar-refractivity contribution is 6.29. The average molecular weight is 352 g/mol. The fourth-order valence-corrected chi connectivity index (χ4v) is 2.64. The highest BCUT2D eigenvalue weighted by Crippen LogP contribution is 2.17. The molecule has 0 spiro atoms. The Morgan fingerprint density at radius 2 is 1.84 bits per heavy atom. The van der Waals surface area contributed by atoms with E-state index in [1.165, 1.54) is 10.8 Å². The molecule has 1 aromatic heterocycles. The number of methoxy groups -OCH3 is 1. The normalized spacial score (nSPS) is 10.3. The van der Waals surface area contributed by atoms with E-state index >= 15 is 0 Å². The van der Waals surface area contributed by atoms with Gasteiger partial charge in [-0.2, -0.15) is 5.26 Å². The van der Waals surface area contributed by atoms with Crippen LogP contribution in [0.3, 0.4) is 0 Å². The predicted octanol–water partition coefficient (Wildman–Crippen LogP) is 3.49. The third kappa shape index (κ3) is 3.70. The van der Waals surface area contributed by atoms with Crippen molar-refractivity contribution in [3.63, 3.8) is 0 Å². The number of ether oxygens (including phenoxy) is 1. The van der Waals surface area contributed by atoms with Crippen LogP contribution in [0.1, 0.15) is 11.1 Å². The molecule has 0 amide bonds. The molecule has 0 radical (unpaired) electrons. The first-order valence-corrected chi connectivity index (χ1v) is 7.89. The van der Waals surface area contributed by atoms with Crippen molar-refractivity contribution in [1.29, 1.82) is 5.26 Å². The Hall–Kier alpha value is -3.10. The smallest absolute Gasteiger partial charge is 0.277 e. The Morgan fingerprint density at radius 3 is 2.44 bits per heavy atom. The summed E-state index contributed by atoms with van der Waals surface area (Å²) in [4.78, 5) is 16.9. The van der Waals surface area contributed by atoms with Crippen LogP contribution in [0.2, 0.25) is 5.15 Å². The van der Waals surface area contributed by atoms with Crippen LogP contribution in [0.5, 0.6) is 5.75 Å². The highest BCUT2D eigenvalue weighted by Gasteiger charge is 2.11. The zero-order valence-corrected chi connectivity index (χ0v) is 14.2. The minimum atomic E-state index is -0.245. The molecule has 1 heterocycles. The van der Waals surface area contributed by atoms with Crippen molar-refractivity contribution < 1.29 is 4.74 Å². The summed E-state index contributed by atoms with van der Waals surface area (Å²) in [6, 6.07) is 16.2. The molecule has 2 aromatic carbocycles. The maximum absolute atomic E-state index is 12.8. The third-order valence-corrected chi connectivity index (χ3v) is 3.93. The Labute approximate surface area is 149 Å². The van der Waals surface area contributed by atoms with Crippen LogP contribution in [-0.4, -0.2) is 16.7 Å². The van der Waals surface area contributed by atoms with E-state index in [0.717, 1.165) is 11.3 Å². The van der Waals surface area contributed by atoms with Gasteiger partial charge in [-0.1, -0.05) is 35.9 Å². The van der Waals surface area contributed by atoms with Crippen LogP contribution < -0.4 is 10.3 Å². The molecule has 0 saturated heterocycles. The van der Waals surface area contributed by atoms with Crippen LogP contribution in [0.4, 0.5) is 0 Å². The first kappa shape index (κ1) is 16.7. The van der Waals surface area contributed by atoms with Gasteiger partial charge in [0.2, 0.25) is 0 Å². The van der Waals surface area contributed by atoms with E-state index in [-0.39, 0.29) is 16.4 Å². The minimum absolute atomic E-state index is 0.229. The summed E-state index contributed by atoms with van der Waals surface area (Å²) in [5.74, 6) is 0.752. The van der Waals surface area contributed by atoms with Crippen LogP contribution in [0.15, 0.2) is 59.5 Å². The third-order valence-electron chi connectivity index (χ3n) is 3.74. The lowest BCUT2D eigenvalue weighted by Crippen LogP contribution is -2.23. The van der Waals surface area contributed by atoms with E-state index < -0.39 is 0 Å². The highest BCUT2D eigenvalue weighted by atomic mass is 35.5. The zero-order valence-electron chi connectivity index (χ0n) is 13.4. The number of hydrogen-bond donors (Lipinski definition) is 0. The number of rotatable bonds is 4. The topological polar surface area (TPSA) is 67.9 Å². The summed E-state index contributed by atoms with van der Waals surface area (Å²) in [6.45, 7) is 0.369. The number of nitrogens with zero attached hydrogens (tertiary/aromatic N) is 3. The quantitative estimate of drug-likeness (QED) is 0.721. The molecule has 0 aliphatic heterocycles. The maximum Gasteiger partial charge on any atom is 0.277 e. The molecule has 3 aromatic rings. The van der Waals surface area contributed by atoms with E-state index in [1.54, 1.807) is 31.4 Å². The maximum atomic E-state index is 12.8. The van der Waals surface area contributed by atoms with Crippen molar-refractivity contribution in [1.82, 2.24) is 9.55 Å². The molecule has 3 rings (SSSR count). The molecule has 0 atom stereocenters. The van der Waals surface area contributed by atoms with E-state index in [4.69, 9.17) is 21.6 Å². The number of benzene rings is 2. The number of nitriles is 1. The average Bonchev–Trinajstić information content (AvgIpc) is 2.65. The van der Waals surface area contributed by atoms with Crippen molar-refractivity contribution >= 4 is 11.6 Å². The Balaban J connectivity index is 1.99. The largest absolute Gasteiger partial charge is 0.497 e. The fourth-order valence-electron chi connectivity index (χ4n) is 2.44. The van der Waals surface area contributed by atoms with E-state index in [1.807, 2.05) is 30.3 Å². The van der Waals surface area contributed by atoms with Crippen LogP contribution in [0.25, 0.3) is 11.3 Å². The summed E-state index contributed by atoms with van der Waals surface area (Å²) >= 11 is 6.10. The molecule has 0 N–H and O–H groups in total. The molecule has 25 heavy (non-hydrogen) atoms. The first-order chi connectivity index (χ1) is 12.1. The number of hydrogen-bond acceptors (Lipinski definition) is 4. The molecular formula is C19H14ClN3O2. The van der Waals surface area contributed by atoms with Crippen molar-refractivity contribution in [2.45, 2.75) is 6.54 Å². The SMILES string of the molecule is COc1ccc(Cn2cc(Cl)nc(-c3ccc(C#N)cc3)c2=O)cc1. The van der Waals surface area contributed by atoms with E-state index in [0.29, 0.717) is 17.7 Å². The number of halogens is 1.